The van der Waals surface area contributed by atoms with Gasteiger partial charge in [-0.15, -0.1) is 0 Å². The Morgan fingerprint density at radius 1 is 0.588 bits per heavy atom. The average Bonchev–Trinajstić information content (AvgIpc) is 3.08. The maximum absolute atomic E-state index is 10.2. The predicted molar refractivity (Wildman–Crippen MR) is 101 cm³/mol. The van der Waals surface area contributed by atoms with Crippen LogP contribution in [0.3, 0.4) is 0 Å². The van der Waals surface area contributed by atoms with Gasteiger partial charge in [-0.2, -0.15) is 0 Å². The molecular weight excluding hydrogens is 472 g/mol. The molecule has 3 aliphatic heterocycles. The van der Waals surface area contributed by atoms with Crippen molar-refractivity contribution in [3.05, 3.63) is 0 Å². The van der Waals surface area contributed by atoms with Crippen molar-refractivity contribution in [1.82, 2.24) is 0 Å². The van der Waals surface area contributed by atoms with Crippen LogP contribution >= 0.6 is 0 Å². The van der Waals surface area contributed by atoms with Crippen LogP contribution in [0.2, 0.25) is 0 Å². The topological polar surface area (TPSA) is 269 Å². The zero-order valence-corrected chi connectivity index (χ0v) is 17.7. The van der Waals surface area contributed by atoms with Crippen molar-refractivity contribution in [2.45, 2.75) is 92.1 Å². The first kappa shape index (κ1) is 27.9. The van der Waals surface area contributed by atoms with Gasteiger partial charge in [-0.05, 0) is 0 Å². The highest BCUT2D eigenvalue weighted by molar-refractivity contribution is 4.93. The lowest BCUT2D eigenvalue weighted by Gasteiger charge is -2.42. The molecule has 15 atom stereocenters. The SMILES string of the molecule is OC[C@H]1O[C@H](OC[C@H]2O[C@H](OC[C@@H](O)[C@H]3O[C@@H](O)[C@H](O)[C@H]3O)[C@H](O)[C@@H](O)[C@@H]2O)[C@H](O)[C@@H](O)[C@@H]1O. The molecule has 0 amide bonds. The van der Waals surface area contributed by atoms with Crippen LogP contribution in [0.25, 0.3) is 0 Å². The van der Waals surface area contributed by atoms with E-state index < -0.39 is 112 Å². The van der Waals surface area contributed by atoms with Gasteiger partial charge in [-0.3, -0.25) is 0 Å². The molecule has 0 aromatic rings. The Morgan fingerprint density at radius 2 is 1.12 bits per heavy atom. The van der Waals surface area contributed by atoms with E-state index in [9.17, 15) is 56.2 Å². The van der Waals surface area contributed by atoms with Crippen molar-refractivity contribution in [3.63, 3.8) is 0 Å². The molecule has 0 saturated carbocycles. The van der Waals surface area contributed by atoms with Crippen molar-refractivity contribution in [2.24, 2.45) is 0 Å². The van der Waals surface area contributed by atoms with Crippen LogP contribution in [0.15, 0.2) is 0 Å². The number of aliphatic hydroxyl groups excluding tert-OH is 11. The van der Waals surface area contributed by atoms with Crippen LogP contribution in [-0.2, 0) is 23.7 Å². The lowest BCUT2D eigenvalue weighted by Crippen LogP contribution is -2.62. The van der Waals surface area contributed by atoms with Gasteiger partial charge in [0.1, 0.15) is 73.2 Å². The third-order valence-corrected chi connectivity index (χ3v) is 6.03. The summed E-state index contributed by atoms with van der Waals surface area (Å²) in [6, 6.07) is 0. The Labute approximate surface area is 192 Å². The first-order valence-corrected chi connectivity index (χ1v) is 10.6. The fourth-order valence-electron chi connectivity index (χ4n) is 3.88. The van der Waals surface area contributed by atoms with Gasteiger partial charge in [0.25, 0.3) is 0 Å². The molecule has 0 unspecified atom stereocenters. The lowest BCUT2D eigenvalue weighted by molar-refractivity contribution is -0.333. The highest BCUT2D eigenvalue weighted by Crippen LogP contribution is 2.27. The van der Waals surface area contributed by atoms with E-state index in [1.807, 2.05) is 0 Å². The third kappa shape index (κ3) is 5.68. The molecule has 0 radical (unpaired) electrons. The fourth-order valence-corrected chi connectivity index (χ4v) is 3.88. The monoisotopic (exact) mass is 504 g/mol. The molecule has 3 fully saturated rings. The minimum absolute atomic E-state index is 0.571. The van der Waals surface area contributed by atoms with E-state index in [0.717, 1.165) is 0 Å². The average molecular weight is 504 g/mol. The minimum Gasteiger partial charge on any atom is -0.394 e. The number of rotatable bonds is 8. The normalized spacial score (nSPS) is 50.9. The Morgan fingerprint density at radius 3 is 1.65 bits per heavy atom. The standard InChI is InChI=1S/C18H32O16/c19-1-5-7(21)9(23)13(27)18(32-5)31-3-6-8(22)10(24)14(28)17(33-6)30-2-4(20)15-11(25)12(26)16(29)34-15/h4-29H,1-3H2/t4-,5-,6-,7-,8-,9+,10+,11-,12-,13-,14-,15-,16-,17+,18+/m1/s1. The van der Waals surface area contributed by atoms with Gasteiger partial charge >= 0.3 is 0 Å². The Kier molecular flexibility index (Phi) is 9.54. The summed E-state index contributed by atoms with van der Waals surface area (Å²) in [6.45, 7) is -1.91. The van der Waals surface area contributed by atoms with Crippen LogP contribution in [0, 0.1) is 0 Å². The van der Waals surface area contributed by atoms with Gasteiger partial charge in [0, 0.05) is 0 Å². The molecule has 0 aromatic carbocycles. The smallest absolute Gasteiger partial charge is 0.186 e. The third-order valence-electron chi connectivity index (χ3n) is 6.03. The zero-order chi connectivity index (χ0) is 25.3. The fraction of sp³-hybridized carbons (Fsp3) is 1.00. The summed E-state index contributed by atoms with van der Waals surface area (Å²) >= 11 is 0. The second-order valence-electron chi connectivity index (χ2n) is 8.42. The van der Waals surface area contributed by atoms with E-state index in [1.54, 1.807) is 0 Å². The first-order valence-electron chi connectivity index (χ1n) is 10.6. The lowest BCUT2D eigenvalue weighted by atomic mass is 9.98. The van der Waals surface area contributed by atoms with E-state index in [4.69, 9.17) is 23.7 Å². The highest BCUT2D eigenvalue weighted by atomic mass is 16.7. The molecule has 0 aliphatic carbocycles. The minimum atomic E-state index is -1.80. The number of ether oxygens (including phenoxy) is 5. The van der Waals surface area contributed by atoms with Gasteiger partial charge in [-0.25, -0.2) is 0 Å². The largest absolute Gasteiger partial charge is 0.394 e. The summed E-state index contributed by atoms with van der Waals surface area (Å²) in [5.74, 6) is 0. The van der Waals surface area contributed by atoms with Crippen molar-refractivity contribution in [3.8, 4) is 0 Å². The zero-order valence-electron chi connectivity index (χ0n) is 17.7. The van der Waals surface area contributed by atoms with Crippen molar-refractivity contribution >= 4 is 0 Å². The summed E-state index contributed by atoms with van der Waals surface area (Å²) in [6.07, 6.45) is -24.1. The summed E-state index contributed by atoms with van der Waals surface area (Å²) in [7, 11) is 0. The second kappa shape index (κ2) is 11.6. The Bertz CT molecular complexity index is 639. The molecule has 0 spiro atoms. The predicted octanol–water partition coefficient (Wildman–Crippen LogP) is -7.57. The van der Waals surface area contributed by atoms with Gasteiger partial charge < -0.3 is 79.9 Å². The van der Waals surface area contributed by atoms with Crippen molar-refractivity contribution in [1.29, 1.82) is 0 Å². The van der Waals surface area contributed by atoms with E-state index >= 15 is 0 Å². The van der Waals surface area contributed by atoms with Crippen LogP contribution < -0.4 is 0 Å². The molecule has 16 nitrogen and oxygen atoms in total. The maximum Gasteiger partial charge on any atom is 0.186 e. The van der Waals surface area contributed by atoms with Crippen LogP contribution in [0.1, 0.15) is 0 Å². The van der Waals surface area contributed by atoms with Crippen LogP contribution in [0.5, 0.6) is 0 Å². The maximum atomic E-state index is 10.2. The first-order chi connectivity index (χ1) is 16.0. The van der Waals surface area contributed by atoms with Gasteiger partial charge in [0.2, 0.25) is 0 Å². The summed E-state index contributed by atoms with van der Waals surface area (Å²) in [4.78, 5) is 0. The molecular formula is C18H32O16. The van der Waals surface area contributed by atoms with Crippen LogP contribution in [0.4, 0.5) is 0 Å². The molecule has 200 valence electrons. The van der Waals surface area contributed by atoms with Crippen molar-refractivity contribution < 1.29 is 79.9 Å². The van der Waals surface area contributed by atoms with E-state index in [2.05, 4.69) is 0 Å². The number of aliphatic hydroxyl groups is 11. The number of hydrogen-bond donors (Lipinski definition) is 11. The quantitative estimate of drug-likeness (QED) is 0.146. The molecule has 3 saturated heterocycles. The molecule has 0 aromatic heterocycles. The van der Waals surface area contributed by atoms with Gasteiger partial charge in [0.15, 0.2) is 18.9 Å². The molecule has 16 heteroatoms. The van der Waals surface area contributed by atoms with Crippen LogP contribution in [-0.4, -0.2) is 168 Å². The van der Waals surface area contributed by atoms with E-state index in [1.165, 1.54) is 0 Å². The second-order valence-corrected chi connectivity index (χ2v) is 8.42. The summed E-state index contributed by atoms with van der Waals surface area (Å²) in [5.41, 5.74) is 0. The molecule has 3 heterocycles. The van der Waals surface area contributed by atoms with Gasteiger partial charge in [-0.1, -0.05) is 0 Å². The Balaban J connectivity index is 1.56. The van der Waals surface area contributed by atoms with E-state index in [-0.39, 0.29) is 0 Å². The molecule has 11 N–H and O–H groups in total. The van der Waals surface area contributed by atoms with Crippen molar-refractivity contribution in [2.75, 3.05) is 19.8 Å². The summed E-state index contributed by atoms with van der Waals surface area (Å²) in [5, 5.41) is 108. The van der Waals surface area contributed by atoms with Gasteiger partial charge in [0.05, 0.1) is 19.8 Å². The highest BCUT2D eigenvalue weighted by Gasteiger charge is 2.49. The van der Waals surface area contributed by atoms with E-state index in [0.29, 0.717) is 0 Å². The number of hydrogen-bond acceptors (Lipinski definition) is 16. The molecule has 3 rings (SSSR count). The summed E-state index contributed by atoms with van der Waals surface area (Å²) < 4.78 is 25.9. The molecule has 34 heavy (non-hydrogen) atoms. The Hall–Kier alpha value is -0.640. The molecule has 3 aliphatic rings. The molecule has 0 bridgehead atoms.